The molecule has 3 unspecified atom stereocenters. The Bertz CT molecular complexity index is 1100. The van der Waals surface area contributed by atoms with Crippen LogP contribution in [-0.4, -0.2) is 82.0 Å². The molecule has 0 radical (unpaired) electrons. The topological polar surface area (TPSA) is 106 Å². The van der Waals surface area contributed by atoms with Crippen molar-refractivity contribution in [3.8, 4) is 6.07 Å². The smallest absolute Gasteiger partial charge is 0.408 e. The average molecular weight is 518 g/mol. The first kappa shape index (κ1) is 26.8. The van der Waals surface area contributed by atoms with Crippen molar-refractivity contribution in [1.82, 2.24) is 20.0 Å². The first-order valence-electron chi connectivity index (χ1n) is 12.6. The minimum atomic E-state index is -1.00. The summed E-state index contributed by atoms with van der Waals surface area (Å²) in [6.45, 7) is 7.83. The highest BCUT2D eigenvalue weighted by molar-refractivity contribution is 5.88. The number of fused-ring (bicyclic) bond motifs is 2. The molecule has 4 rings (SSSR count). The molecule has 5 atom stereocenters. The van der Waals surface area contributed by atoms with Gasteiger partial charge in [-0.15, -0.1) is 0 Å². The second-order valence-corrected chi connectivity index (χ2v) is 11.0. The molecule has 1 aromatic rings. The molecule has 11 heteroatoms. The lowest BCUT2D eigenvalue weighted by Gasteiger charge is -2.39. The number of hydrogen-bond donors (Lipinski definition) is 1. The van der Waals surface area contributed by atoms with Gasteiger partial charge in [0.1, 0.15) is 29.3 Å². The average Bonchev–Trinajstić information content (AvgIpc) is 3.50. The summed E-state index contributed by atoms with van der Waals surface area (Å²) < 4.78 is 32.9. The highest BCUT2D eigenvalue weighted by Gasteiger charge is 2.52. The molecule has 0 saturated carbocycles. The number of benzene rings is 1. The third-order valence-corrected chi connectivity index (χ3v) is 7.19. The first-order valence-corrected chi connectivity index (χ1v) is 12.6. The Morgan fingerprint density at radius 2 is 1.92 bits per heavy atom. The number of rotatable bonds is 6. The molecule has 1 aromatic carbocycles. The van der Waals surface area contributed by atoms with Crippen LogP contribution in [0.3, 0.4) is 0 Å². The molecule has 3 fully saturated rings. The number of nitriles is 1. The molecule has 0 aliphatic carbocycles. The number of hydrogen-bond acceptors (Lipinski definition) is 6. The molecule has 0 aromatic heterocycles. The van der Waals surface area contributed by atoms with Gasteiger partial charge in [0.25, 0.3) is 0 Å². The summed E-state index contributed by atoms with van der Waals surface area (Å²) in [6, 6.07) is 2.59. The lowest BCUT2D eigenvalue weighted by Crippen LogP contribution is -2.59. The Labute approximate surface area is 215 Å². The van der Waals surface area contributed by atoms with Crippen LogP contribution in [-0.2, 0) is 14.3 Å². The van der Waals surface area contributed by atoms with Crippen molar-refractivity contribution in [2.24, 2.45) is 0 Å². The number of halogens is 2. The third kappa shape index (κ3) is 5.69. The number of nitrogens with one attached hydrogen (secondary N) is 1. The van der Waals surface area contributed by atoms with Crippen LogP contribution in [0.1, 0.15) is 58.6 Å². The van der Waals surface area contributed by atoms with Crippen molar-refractivity contribution in [3.05, 3.63) is 35.4 Å². The van der Waals surface area contributed by atoms with Gasteiger partial charge in [0.2, 0.25) is 11.8 Å². The first-order chi connectivity index (χ1) is 17.4. The number of carbonyl (C=O) groups is 3. The Hall–Kier alpha value is -3.26. The molecule has 2 bridgehead atoms. The zero-order chi connectivity index (χ0) is 27.1. The van der Waals surface area contributed by atoms with Gasteiger partial charge in [0, 0.05) is 31.7 Å². The number of alkyl carbamates (subject to hydrolysis) is 1. The zero-order valence-corrected chi connectivity index (χ0v) is 21.5. The molecule has 3 aliphatic heterocycles. The fraction of sp³-hybridized carbons (Fsp3) is 0.615. The summed E-state index contributed by atoms with van der Waals surface area (Å²) in [5.41, 5.74) is -0.392. The Morgan fingerprint density at radius 1 is 1.24 bits per heavy atom. The molecule has 9 nitrogen and oxygen atoms in total. The second kappa shape index (κ2) is 10.2. The number of piperazine rings is 1. The van der Waals surface area contributed by atoms with Crippen LogP contribution in [0.5, 0.6) is 0 Å². The summed E-state index contributed by atoms with van der Waals surface area (Å²) in [5.74, 6) is -1.97. The molecule has 3 amide bonds. The van der Waals surface area contributed by atoms with E-state index in [1.165, 1.54) is 17.0 Å². The van der Waals surface area contributed by atoms with Crippen LogP contribution in [0.4, 0.5) is 13.6 Å². The largest absolute Gasteiger partial charge is 0.444 e. The number of nitrogens with zero attached hydrogens (tertiary/aromatic N) is 4. The maximum absolute atomic E-state index is 13.8. The van der Waals surface area contributed by atoms with E-state index in [0.29, 0.717) is 37.9 Å². The molecule has 3 heterocycles. The van der Waals surface area contributed by atoms with Gasteiger partial charge in [0.05, 0.1) is 18.2 Å². The van der Waals surface area contributed by atoms with Crippen LogP contribution in [0.15, 0.2) is 18.2 Å². The van der Waals surface area contributed by atoms with E-state index in [4.69, 9.17) is 4.74 Å². The predicted molar refractivity (Wildman–Crippen MR) is 129 cm³/mol. The van der Waals surface area contributed by atoms with E-state index in [1.54, 1.807) is 32.6 Å². The highest BCUT2D eigenvalue weighted by Crippen LogP contribution is 2.38. The fourth-order valence-electron chi connectivity index (χ4n) is 5.61. The number of ether oxygens (including phenoxy) is 1. The van der Waals surface area contributed by atoms with Gasteiger partial charge in [-0.3, -0.25) is 14.5 Å². The monoisotopic (exact) mass is 517 g/mol. The van der Waals surface area contributed by atoms with Crippen LogP contribution < -0.4 is 5.32 Å². The van der Waals surface area contributed by atoms with Crippen LogP contribution in [0.25, 0.3) is 0 Å². The Balaban J connectivity index is 1.49. The van der Waals surface area contributed by atoms with Crippen molar-refractivity contribution in [2.75, 3.05) is 19.6 Å². The van der Waals surface area contributed by atoms with Crippen molar-refractivity contribution < 1.29 is 27.9 Å². The summed E-state index contributed by atoms with van der Waals surface area (Å²) in [7, 11) is 0. The summed E-state index contributed by atoms with van der Waals surface area (Å²) in [4.78, 5) is 44.3. The van der Waals surface area contributed by atoms with E-state index in [-0.39, 0.29) is 24.4 Å². The van der Waals surface area contributed by atoms with Gasteiger partial charge >= 0.3 is 6.09 Å². The summed E-state index contributed by atoms with van der Waals surface area (Å²) >= 11 is 0. The maximum Gasteiger partial charge on any atom is 0.408 e. The maximum atomic E-state index is 13.8. The van der Waals surface area contributed by atoms with Crippen LogP contribution in [0.2, 0.25) is 0 Å². The summed E-state index contributed by atoms with van der Waals surface area (Å²) in [5, 5.41) is 12.1. The third-order valence-electron chi connectivity index (χ3n) is 7.19. The van der Waals surface area contributed by atoms with E-state index in [1.807, 2.05) is 4.90 Å². The van der Waals surface area contributed by atoms with Crippen LogP contribution >= 0.6 is 0 Å². The highest BCUT2D eigenvalue weighted by atomic mass is 19.1. The van der Waals surface area contributed by atoms with Gasteiger partial charge < -0.3 is 19.9 Å². The van der Waals surface area contributed by atoms with Gasteiger partial charge in [-0.1, -0.05) is 0 Å². The minimum Gasteiger partial charge on any atom is -0.444 e. The molecular weight excluding hydrogens is 484 g/mol. The lowest BCUT2D eigenvalue weighted by molar-refractivity contribution is -0.141. The zero-order valence-electron chi connectivity index (χ0n) is 21.5. The standard InChI is InChI=1S/C26H33F2N5O4/c1-15(16-8-17(27)10-18(28)9-16)33-20-11-22(24(33)35)31(13-20)14-21(30-25(36)37-26(2,3)4)23(34)32-7-5-6-19(32)12-29/h8-10,15,19-22H,5-7,11,13-14H2,1-4H3,(H,30,36)/t15-,19?,20+,21?,22?/m0/s1. The molecular formula is C26H33F2N5O4. The SMILES string of the molecule is C[C@@H](c1cc(F)cc(F)c1)N1C(=O)C2C[C@@H]1CN2CC(NC(=O)OC(C)(C)C)C(=O)N1CCCC1C#N. The van der Waals surface area contributed by atoms with Gasteiger partial charge in [-0.2, -0.15) is 5.26 Å². The van der Waals surface area contributed by atoms with E-state index >= 15 is 0 Å². The number of amides is 3. The van der Waals surface area contributed by atoms with Gasteiger partial charge in [0.15, 0.2) is 0 Å². The van der Waals surface area contributed by atoms with Gasteiger partial charge in [-0.05, 0) is 64.7 Å². The lowest BCUT2D eigenvalue weighted by atomic mass is 10.0. The quantitative estimate of drug-likeness (QED) is 0.622. The molecule has 3 aliphatic rings. The van der Waals surface area contributed by atoms with Crippen molar-refractivity contribution in [1.29, 1.82) is 5.26 Å². The molecule has 200 valence electrons. The summed E-state index contributed by atoms with van der Waals surface area (Å²) in [6.07, 6.45) is 1.03. The fourth-order valence-corrected chi connectivity index (χ4v) is 5.61. The molecule has 3 saturated heterocycles. The predicted octanol–water partition coefficient (Wildman–Crippen LogP) is 2.72. The second-order valence-electron chi connectivity index (χ2n) is 11.0. The van der Waals surface area contributed by atoms with Crippen molar-refractivity contribution in [2.45, 2.75) is 82.8 Å². The Kier molecular flexibility index (Phi) is 7.42. The van der Waals surface area contributed by atoms with Crippen molar-refractivity contribution in [3.63, 3.8) is 0 Å². The normalized spacial score (nSPS) is 25.2. The van der Waals surface area contributed by atoms with E-state index < -0.39 is 47.5 Å². The minimum absolute atomic E-state index is 0.0798. The van der Waals surface area contributed by atoms with E-state index in [0.717, 1.165) is 6.07 Å². The van der Waals surface area contributed by atoms with Gasteiger partial charge in [-0.25, -0.2) is 13.6 Å². The van der Waals surface area contributed by atoms with E-state index in [9.17, 15) is 28.4 Å². The van der Waals surface area contributed by atoms with Crippen LogP contribution in [0, 0.1) is 23.0 Å². The van der Waals surface area contributed by atoms with Crippen molar-refractivity contribution >= 4 is 17.9 Å². The number of carbonyl (C=O) groups excluding carboxylic acids is 3. The molecule has 37 heavy (non-hydrogen) atoms. The number of likely N-dealkylation sites (tertiary alicyclic amines) is 3. The van der Waals surface area contributed by atoms with E-state index in [2.05, 4.69) is 11.4 Å². The Morgan fingerprint density at radius 3 is 2.51 bits per heavy atom. The molecule has 0 spiro atoms. The molecule has 1 N–H and O–H groups in total.